The second kappa shape index (κ2) is 9.34. The van der Waals surface area contributed by atoms with E-state index in [1.54, 1.807) is 7.11 Å². The van der Waals surface area contributed by atoms with E-state index in [2.05, 4.69) is 27.2 Å². The molecule has 1 amide bonds. The summed E-state index contributed by atoms with van der Waals surface area (Å²) in [4.78, 5) is 22.3. The van der Waals surface area contributed by atoms with Gasteiger partial charge in [-0.2, -0.15) is 4.98 Å². The Bertz CT molecular complexity index is 1260. The molecule has 0 unspecified atom stereocenters. The van der Waals surface area contributed by atoms with Crippen LogP contribution in [-0.4, -0.2) is 42.7 Å². The predicted octanol–water partition coefficient (Wildman–Crippen LogP) is 4.69. The second-order valence-corrected chi connectivity index (χ2v) is 8.65. The Hall–Kier alpha value is -3.98. The van der Waals surface area contributed by atoms with Crippen molar-refractivity contribution in [2.45, 2.75) is 18.3 Å². The Balaban J connectivity index is 1.39. The first-order valence-corrected chi connectivity index (χ1v) is 11.4. The van der Waals surface area contributed by atoms with Gasteiger partial charge in [-0.3, -0.25) is 4.79 Å². The van der Waals surface area contributed by atoms with Gasteiger partial charge in [0.15, 0.2) is 11.6 Å². The third-order valence-electron chi connectivity index (χ3n) is 6.28. The second-order valence-electron chi connectivity index (χ2n) is 8.65. The van der Waals surface area contributed by atoms with Gasteiger partial charge in [0.2, 0.25) is 11.9 Å². The van der Waals surface area contributed by atoms with E-state index in [4.69, 9.17) is 9.47 Å². The molecule has 1 aliphatic heterocycles. The van der Waals surface area contributed by atoms with Gasteiger partial charge in [-0.05, 0) is 60.9 Å². The lowest BCUT2D eigenvalue weighted by Crippen LogP contribution is -2.22. The highest BCUT2D eigenvalue weighted by atomic mass is 19.1. The third-order valence-corrected chi connectivity index (χ3v) is 6.28. The average molecular weight is 476 g/mol. The maximum atomic E-state index is 15.0. The lowest BCUT2D eigenvalue weighted by atomic mass is 9.98. The van der Waals surface area contributed by atoms with E-state index in [1.165, 1.54) is 12.3 Å². The minimum Gasteiger partial charge on any atom is -0.491 e. The third kappa shape index (κ3) is 4.67. The van der Waals surface area contributed by atoms with Crippen LogP contribution in [0.4, 0.5) is 33.2 Å². The molecule has 3 aromatic rings. The van der Waals surface area contributed by atoms with Crippen LogP contribution in [0.3, 0.4) is 0 Å². The molecule has 180 valence electrons. The molecule has 1 saturated carbocycles. The molecular weight excluding hydrogens is 449 g/mol. The van der Waals surface area contributed by atoms with Crippen molar-refractivity contribution in [2.24, 2.45) is 0 Å². The van der Waals surface area contributed by atoms with E-state index in [1.807, 2.05) is 47.4 Å². The van der Waals surface area contributed by atoms with Gasteiger partial charge >= 0.3 is 0 Å². The van der Waals surface area contributed by atoms with Crippen LogP contribution >= 0.6 is 0 Å². The number of carbonyl (C=O) groups excluding carboxylic acids is 1. The molecule has 0 bridgehead atoms. The maximum Gasteiger partial charge on any atom is 0.247 e. The molecule has 9 heteroatoms. The highest BCUT2D eigenvalue weighted by Crippen LogP contribution is 2.58. The zero-order valence-corrected chi connectivity index (χ0v) is 19.4. The van der Waals surface area contributed by atoms with Crippen molar-refractivity contribution in [2.75, 3.05) is 42.4 Å². The minimum atomic E-state index is -0.512. The summed E-state index contributed by atoms with van der Waals surface area (Å²) >= 11 is 0. The Morgan fingerprint density at radius 3 is 2.69 bits per heavy atom. The number of carbonyl (C=O) groups is 1. The summed E-state index contributed by atoms with van der Waals surface area (Å²) in [6, 6.07) is 13.1. The van der Waals surface area contributed by atoms with Crippen LogP contribution in [0.25, 0.3) is 0 Å². The average Bonchev–Trinajstić information content (AvgIpc) is 3.58. The number of aromatic nitrogens is 2. The van der Waals surface area contributed by atoms with Crippen LogP contribution in [0.5, 0.6) is 5.75 Å². The largest absolute Gasteiger partial charge is 0.491 e. The van der Waals surface area contributed by atoms with Gasteiger partial charge in [0, 0.05) is 36.1 Å². The van der Waals surface area contributed by atoms with E-state index in [0.29, 0.717) is 25.4 Å². The van der Waals surface area contributed by atoms with Crippen LogP contribution in [-0.2, 0) is 14.9 Å². The molecule has 8 nitrogen and oxygen atoms in total. The van der Waals surface area contributed by atoms with Gasteiger partial charge in [0.1, 0.15) is 12.4 Å². The molecule has 0 atom stereocenters. The fraction of sp³-hybridized carbons (Fsp3) is 0.269. The van der Waals surface area contributed by atoms with E-state index >= 15 is 0 Å². The number of rotatable bonds is 9. The lowest BCUT2D eigenvalue weighted by Gasteiger charge is -2.20. The summed E-state index contributed by atoms with van der Waals surface area (Å²) in [6.45, 7) is 5.09. The number of nitrogens with zero attached hydrogens (tertiary/aromatic N) is 3. The first-order valence-electron chi connectivity index (χ1n) is 11.4. The first kappa shape index (κ1) is 22.8. The normalized spacial score (nSPS) is 15.0. The highest BCUT2D eigenvalue weighted by molar-refractivity contribution is 5.99. The molecule has 5 rings (SSSR count). The molecule has 2 N–H and O–H groups in total. The number of hydrogen-bond acceptors (Lipinski definition) is 7. The minimum absolute atomic E-state index is 0.0000615. The quantitative estimate of drug-likeness (QED) is 0.343. The summed E-state index contributed by atoms with van der Waals surface area (Å²) in [6.07, 6.45) is 4.46. The standard InChI is InChI=1S/C26H26FN5O3/c1-3-23(33)29-18-6-9-20-22(14-18)32(16-26(20)10-11-26)24-21(27)15-28-25(31-24)30-17-4-7-19(8-5-17)35-13-12-34-2/h3-9,14-15H,1,10-13,16H2,2H3,(H,29,33)(H,28,30,31). The van der Waals surface area contributed by atoms with Gasteiger partial charge in [-0.15, -0.1) is 0 Å². The van der Waals surface area contributed by atoms with Crippen molar-refractivity contribution in [3.05, 3.63) is 72.7 Å². The van der Waals surface area contributed by atoms with Crippen LogP contribution in [0, 0.1) is 5.82 Å². The van der Waals surface area contributed by atoms with E-state index in [-0.39, 0.29) is 23.1 Å². The van der Waals surface area contributed by atoms with Gasteiger partial charge < -0.3 is 25.0 Å². The van der Waals surface area contributed by atoms with Crippen molar-refractivity contribution in [3.8, 4) is 5.75 Å². The van der Waals surface area contributed by atoms with Crippen molar-refractivity contribution in [1.82, 2.24) is 9.97 Å². The van der Waals surface area contributed by atoms with Crippen molar-refractivity contribution >= 4 is 34.7 Å². The molecule has 1 fully saturated rings. The zero-order chi connectivity index (χ0) is 24.4. The SMILES string of the molecule is C=CC(=O)Nc1ccc2c(c1)N(c1nc(Nc3ccc(OCCOC)cc3)ncc1F)CC21CC1. The number of anilines is 5. The molecule has 2 aliphatic rings. The fourth-order valence-corrected chi connectivity index (χ4v) is 4.33. The predicted molar refractivity (Wildman–Crippen MR) is 132 cm³/mol. The Morgan fingerprint density at radius 1 is 1.20 bits per heavy atom. The monoisotopic (exact) mass is 475 g/mol. The highest BCUT2D eigenvalue weighted by Gasteiger charge is 2.52. The summed E-state index contributed by atoms with van der Waals surface area (Å²) in [5, 5.41) is 5.91. The van der Waals surface area contributed by atoms with Gasteiger partial charge in [0.25, 0.3) is 0 Å². The molecule has 0 radical (unpaired) electrons. The van der Waals surface area contributed by atoms with Crippen LogP contribution in [0.1, 0.15) is 18.4 Å². The van der Waals surface area contributed by atoms with Gasteiger partial charge in [0.05, 0.1) is 12.8 Å². The number of methoxy groups -OCH3 is 1. The molecule has 2 heterocycles. The molecule has 1 aliphatic carbocycles. The lowest BCUT2D eigenvalue weighted by molar-refractivity contribution is -0.111. The van der Waals surface area contributed by atoms with Crippen LogP contribution < -0.4 is 20.3 Å². The van der Waals surface area contributed by atoms with Crippen molar-refractivity contribution < 1.29 is 18.7 Å². The summed E-state index contributed by atoms with van der Waals surface area (Å²) in [5.74, 6) is 0.381. The number of nitrogens with one attached hydrogen (secondary N) is 2. The van der Waals surface area contributed by atoms with Gasteiger partial charge in [-0.1, -0.05) is 12.6 Å². The Morgan fingerprint density at radius 2 is 1.97 bits per heavy atom. The first-order chi connectivity index (χ1) is 17.0. The molecular formula is C26H26FN5O3. The number of benzene rings is 2. The Kier molecular flexibility index (Phi) is 6.08. The smallest absolute Gasteiger partial charge is 0.247 e. The summed E-state index contributed by atoms with van der Waals surface area (Å²) in [5.41, 5.74) is 3.35. The van der Waals surface area contributed by atoms with E-state index in [9.17, 15) is 9.18 Å². The molecule has 35 heavy (non-hydrogen) atoms. The van der Waals surface area contributed by atoms with E-state index in [0.717, 1.165) is 35.5 Å². The fourth-order valence-electron chi connectivity index (χ4n) is 4.33. The van der Waals surface area contributed by atoms with Gasteiger partial charge in [-0.25, -0.2) is 9.37 Å². The number of halogens is 1. The number of hydrogen-bond donors (Lipinski definition) is 2. The van der Waals surface area contributed by atoms with Crippen LogP contribution in [0.2, 0.25) is 0 Å². The summed E-state index contributed by atoms with van der Waals surface area (Å²) < 4.78 is 25.6. The molecule has 2 aromatic carbocycles. The maximum absolute atomic E-state index is 15.0. The molecule has 1 aromatic heterocycles. The topological polar surface area (TPSA) is 88.6 Å². The van der Waals surface area contributed by atoms with Crippen molar-refractivity contribution in [1.29, 1.82) is 0 Å². The zero-order valence-electron chi connectivity index (χ0n) is 19.4. The summed E-state index contributed by atoms with van der Waals surface area (Å²) in [7, 11) is 1.62. The molecule has 0 saturated heterocycles. The number of amides is 1. The molecule has 1 spiro atoms. The van der Waals surface area contributed by atoms with Crippen molar-refractivity contribution in [3.63, 3.8) is 0 Å². The van der Waals surface area contributed by atoms with Crippen LogP contribution in [0.15, 0.2) is 61.3 Å². The van der Waals surface area contributed by atoms with E-state index < -0.39 is 5.82 Å². The Labute approximate surface area is 202 Å². The number of fused-ring (bicyclic) bond motifs is 2. The number of ether oxygens (including phenoxy) is 2.